The predicted octanol–water partition coefficient (Wildman–Crippen LogP) is 2.98. The van der Waals surface area contributed by atoms with Crippen LogP contribution in [0.3, 0.4) is 0 Å². The number of alkyl halides is 1. The van der Waals surface area contributed by atoms with Crippen LogP contribution in [0.2, 0.25) is 0 Å². The summed E-state index contributed by atoms with van der Waals surface area (Å²) in [5.41, 5.74) is 0.559. The molecule has 3 aliphatic rings. The molecule has 2 atom stereocenters. The summed E-state index contributed by atoms with van der Waals surface area (Å²) < 4.78 is 19.7. The number of halogens is 2. The zero-order valence-electron chi connectivity index (χ0n) is 15.4. The van der Waals surface area contributed by atoms with Crippen LogP contribution in [0.4, 0.5) is 20.6 Å². The van der Waals surface area contributed by atoms with Gasteiger partial charge in [-0.2, -0.15) is 0 Å². The summed E-state index contributed by atoms with van der Waals surface area (Å²) >= 11 is 7.25. The van der Waals surface area contributed by atoms with Crippen LogP contribution in [0, 0.1) is 5.82 Å². The monoisotopic (exact) mass is 439 g/mol. The quantitative estimate of drug-likeness (QED) is 0.713. The number of hydrogen-bond acceptors (Lipinski definition) is 5. The van der Waals surface area contributed by atoms with Crippen molar-refractivity contribution in [3.8, 4) is 0 Å². The van der Waals surface area contributed by atoms with E-state index in [-0.39, 0.29) is 35.3 Å². The highest BCUT2D eigenvalue weighted by Gasteiger charge is 2.34. The Bertz CT molecular complexity index is 896. The summed E-state index contributed by atoms with van der Waals surface area (Å²) in [5, 5.41) is 2.73. The fourth-order valence-corrected chi connectivity index (χ4v) is 4.71. The molecule has 29 heavy (non-hydrogen) atoms. The Morgan fingerprint density at radius 3 is 2.83 bits per heavy atom. The molecule has 0 spiro atoms. The molecule has 0 bridgehead atoms. The third kappa shape index (κ3) is 4.20. The van der Waals surface area contributed by atoms with Crippen LogP contribution in [0.5, 0.6) is 0 Å². The van der Waals surface area contributed by atoms with Crippen molar-refractivity contribution < 1.29 is 23.5 Å². The number of amides is 3. The number of anilines is 2. The molecule has 0 aromatic heterocycles. The topological polar surface area (TPSA) is 79.0 Å². The molecule has 2 saturated heterocycles. The van der Waals surface area contributed by atoms with Crippen LogP contribution in [0.1, 0.15) is 19.3 Å². The highest BCUT2D eigenvalue weighted by Crippen LogP contribution is 2.34. The number of carbonyl (C=O) groups is 3. The standard InChI is InChI=1S/C19H19ClFN3O4S/c20-16-6-5-15(29-16)18(26)22-9-12-10-24(19(27)28-12)11-3-4-14(13(21)8-11)23-7-1-2-17(23)25/h3-5,8,12,16H,1-2,6-7,9-10H2,(H,22,26)/t12-,16?/m0/s1. The first-order valence-corrected chi connectivity index (χ1v) is 10.6. The van der Waals surface area contributed by atoms with Crippen LogP contribution in [-0.2, 0) is 14.3 Å². The lowest BCUT2D eigenvalue weighted by molar-refractivity contribution is -0.117. The van der Waals surface area contributed by atoms with Crippen molar-refractivity contribution in [1.29, 1.82) is 0 Å². The Kier molecular flexibility index (Phi) is 5.69. The smallest absolute Gasteiger partial charge is 0.414 e. The molecule has 1 N–H and O–H groups in total. The molecular formula is C19H19ClFN3O4S. The fourth-order valence-electron chi connectivity index (χ4n) is 3.50. The number of benzene rings is 1. The van der Waals surface area contributed by atoms with Gasteiger partial charge in [0.05, 0.1) is 34.1 Å². The second-order valence-electron chi connectivity index (χ2n) is 6.94. The lowest BCUT2D eigenvalue weighted by Crippen LogP contribution is -2.34. The average molecular weight is 440 g/mol. The summed E-state index contributed by atoms with van der Waals surface area (Å²) in [5.74, 6) is -0.925. The minimum absolute atomic E-state index is 0.107. The minimum Gasteiger partial charge on any atom is -0.442 e. The van der Waals surface area contributed by atoms with Crippen molar-refractivity contribution >= 4 is 52.6 Å². The molecule has 7 nitrogen and oxygen atoms in total. The van der Waals surface area contributed by atoms with Gasteiger partial charge >= 0.3 is 6.09 Å². The highest BCUT2D eigenvalue weighted by atomic mass is 35.5. The third-order valence-electron chi connectivity index (χ3n) is 4.94. The number of nitrogens with one attached hydrogen (secondary N) is 1. The van der Waals surface area contributed by atoms with E-state index in [0.29, 0.717) is 36.4 Å². The zero-order chi connectivity index (χ0) is 20.5. The molecule has 1 aromatic rings. The number of rotatable bonds is 5. The van der Waals surface area contributed by atoms with E-state index in [1.165, 1.54) is 33.7 Å². The SMILES string of the molecule is O=C(NC[C@H]1CN(c2ccc(N3CCCC3=O)c(F)c2)C(=O)O1)C1=CCC(Cl)S1. The van der Waals surface area contributed by atoms with Gasteiger partial charge in [-0.1, -0.05) is 6.08 Å². The largest absolute Gasteiger partial charge is 0.442 e. The summed E-state index contributed by atoms with van der Waals surface area (Å²) in [7, 11) is 0. The molecule has 0 radical (unpaired) electrons. The van der Waals surface area contributed by atoms with Crippen LogP contribution in [0.25, 0.3) is 0 Å². The van der Waals surface area contributed by atoms with Gasteiger partial charge in [-0.05, 0) is 31.0 Å². The fraction of sp³-hybridized carbons (Fsp3) is 0.421. The summed E-state index contributed by atoms with van der Waals surface area (Å²) in [6, 6.07) is 4.32. The Morgan fingerprint density at radius 1 is 1.34 bits per heavy atom. The normalized spacial score (nSPS) is 24.1. The highest BCUT2D eigenvalue weighted by molar-refractivity contribution is 8.05. The average Bonchev–Trinajstić information content (AvgIpc) is 3.40. The van der Waals surface area contributed by atoms with Gasteiger partial charge in [-0.3, -0.25) is 14.5 Å². The van der Waals surface area contributed by atoms with Crippen molar-refractivity contribution in [2.24, 2.45) is 0 Å². The Labute approximate surface area is 176 Å². The van der Waals surface area contributed by atoms with Gasteiger partial charge in [-0.15, -0.1) is 23.4 Å². The maximum atomic E-state index is 14.6. The van der Waals surface area contributed by atoms with Gasteiger partial charge in [0, 0.05) is 13.0 Å². The number of nitrogens with zero attached hydrogens (tertiary/aromatic N) is 2. The lowest BCUT2D eigenvalue weighted by atomic mass is 10.2. The lowest BCUT2D eigenvalue weighted by Gasteiger charge is -2.19. The van der Waals surface area contributed by atoms with Gasteiger partial charge in [0.15, 0.2) is 0 Å². The van der Waals surface area contributed by atoms with Crippen molar-refractivity contribution in [2.75, 3.05) is 29.4 Å². The zero-order valence-corrected chi connectivity index (χ0v) is 17.0. The van der Waals surface area contributed by atoms with E-state index in [4.69, 9.17) is 16.3 Å². The van der Waals surface area contributed by atoms with E-state index in [2.05, 4.69) is 5.32 Å². The molecule has 10 heteroatoms. The molecule has 154 valence electrons. The molecule has 3 aliphatic heterocycles. The first-order valence-electron chi connectivity index (χ1n) is 9.29. The maximum absolute atomic E-state index is 14.6. The first-order chi connectivity index (χ1) is 13.9. The minimum atomic E-state index is -0.607. The first kappa shape index (κ1) is 20.0. The Hall–Kier alpha value is -2.26. The van der Waals surface area contributed by atoms with Gasteiger partial charge < -0.3 is 15.0 Å². The second-order valence-corrected chi connectivity index (χ2v) is 8.97. The molecule has 4 rings (SSSR count). The van der Waals surface area contributed by atoms with Crippen molar-refractivity contribution in [2.45, 2.75) is 30.1 Å². The number of allylic oxidation sites excluding steroid dienone is 1. The number of cyclic esters (lactones) is 1. The molecule has 0 aliphatic carbocycles. The number of thioether (sulfide) groups is 1. The molecule has 2 fully saturated rings. The van der Waals surface area contributed by atoms with Gasteiger partial charge in [0.1, 0.15) is 11.9 Å². The van der Waals surface area contributed by atoms with Crippen LogP contribution < -0.4 is 15.1 Å². The molecule has 1 aromatic carbocycles. The summed E-state index contributed by atoms with van der Waals surface area (Å²) in [4.78, 5) is 39.4. The predicted molar refractivity (Wildman–Crippen MR) is 109 cm³/mol. The molecular weight excluding hydrogens is 421 g/mol. The number of hydrogen-bond donors (Lipinski definition) is 1. The Balaban J connectivity index is 1.37. The molecule has 0 saturated carbocycles. The van der Waals surface area contributed by atoms with Crippen LogP contribution in [-0.4, -0.2) is 48.4 Å². The van der Waals surface area contributed by atoms with Crippen molar-refractivity contribution in [3.63, 3.8) is 0 Å². The van der Waals surface area contributed by atoms with E-state index in [9.17, 15) is 18.8 Å². The summed E-state index contributed by atoms with van der Waals surface area (Å²) in [6.07, 6.45) is 2.37. The van der Waals surface area contributed by atoms with Crippen molar-refractivity contribution in [3.05, 3.63) is 35.0 Å². The van der Waals surface area contributed by atoms with Gasteiger partial charge in [0.25, 0.3) is 5.91 Å². The van der Waals surface area contributed by atoms with Gasteiger partial charge in [0.2, 0.25) is 5.91 Å². The Morgan fingerprint density at radius 2 is 2.17 bits per heavy atom. The van der Waals surface area contributed by atoms with Crippen LogP contribution in [0.15, 0.2) is 29.2 Å². The number of ether oxygens (including phenoxy) is 1. The van der Waals surface area contributed by atoms with Gasteiger partial charge in [-0.25, -0.2) is 9.18 Å². The molecule has 1 unspecified atom stereocenters. The van der Waals surface area contributed by atoms with Crippen molar-refractivity contribution in [1.82, 2.24) is 5.32 Å². The third-order valence-corrected chi connectivity index (χ3v) is 6.44. The second kappa shape index (κ2) is 8.23. The van der Waals surface area contributed by atoms with E-state index in [0.717, 1.165) is 0 Å². The number of carbonyl (C=O) groups excluding carboxylic acids is 3. The van der Waals surface area contributed by atoms with E-state index >= 15 is 0 Å². The summed E-state index contributed by atoms with van der Waals surface area (Å²) in [6.45, 7) is 0.821. The maximum Gasteiger partial charge on any atom is 0.414 e. The molecule has 3 heterocycles. The molecule has 3 amide bonds. The van der Waals surface area contributed by atoms with E-state index in [1.807, 2.05) is 0 Å². The van der Waals surface area contributed by atoms with E-state index in [1.54, 1.807) is 12.1 Å². The van der Waals surface area contributed by atoms with E-state index < -0.39 is 18.0 Å². The van der Waals surface area contributed by atoms with Crippen LogP contribution >= 0.6 is 23.4 Å².